The fourth-order valence-electron chi connectivity index (χ4n) is 1.96. The third kappa shape index (κ3) is 3.80. The highest BCUT2D eigenvalue weighted by atomic mass is 35.5. The monoisotopic (exact) mass is 374 g/mol. The summed E-state index contributed by atoms with van der Waals surface area (Å²) in [4.78, 5) is 11.4. The van der Waals surface area contributed by atoms with Gasteiger partial charge in [0.25, 0.3) is 10.0 Å². The lowest BCUT2D eigenvalue weighted by atomic mass is 10.1. The van der Waals surface area contributed by atoms with E-state index in [0.29, 0.717) is 22.0 Å². The standard InChI is InChI=1S/C13H15ClN4O3S2/c1-3-8(11(15)19)12-16-17-13(22-12)18-23(20,21)10-6-4-5-9(14)7(10)2/h4-6,8H,3H2,1-2H3,(H2,15,19)(H,17,18). The zero-order valence-electron chi connectivity index (χ0n) is 12.4. The van der Waals surface area contributed by atoms with Crippen molar-refractivity contribution in [2.24, 2.45) is 5.73 Å². The summed E-state index contributed by atoms with van der Waals surface area (Å²) in [6.07, 6.45) is 0.462. The van der Waals surface area contributed by atoms with Crippen molar-refractivity contribution in [3.05, 3.63) is 33.8 Å². The van der Waals surface area contributed by atoms with Crippen molar-refractivity contribution >= 4 is 44.0 Å². The number of hydrogen-bond acceptors (Lipinski definition) is 6. The second kappa shape index (κ2) is 6.81. The van der Waals surface area contributed by atoms with Gasteiger partial charge in [0.05, 0.1) is 10.8 Å². The molecule has 2 rings (SSSR count). The van der Waals surface area contributed by atoms with Crippen LogP contribution in [0.1, 0.15) is 29.8 Å². The van der Waals surface area contributed by atoms with Gasteiger partial charge in [0, 0.05) is 5.02 Å². The average molecular weight is 375 g/mol. The molecule has 0 aliphatic rings. The van der Waals surface area contributed by atoms with Crippen LogP contribution in [0.25, 0.3) is 0 Å². The van der Waals surface area contributed by atoms with Crippen LogP contribution in [0.5, 0.6) is 0 Å². The minimum atomic E-state index is -3.85. The van der Waals surface area contributed by atoms with Crippen LogP contribution in [0.2, 0.25) is 5.02 Å². The normalized spacial score (nSPS) is 12.8. The predicted molar refractivity (Wildman–Crippen MR) is 89.1 cm³/mol. The molecule has 10 heteroatoms. The maximum absolute atomic E-state index is 12.4. The largest absolute Gasteiger partial charge is 0.369 e. The van der Waals surface area contributed by atoms with Crippen LogP contribution in [-0.4, -0.2) is 24.5 Å². The number of benzene rings is 1. The van der Waals surface area contributed by atoms with Crippen molar-refractivity contribution in [2.45, 2.75) is 31.1 Å². The van der Waals surface area contributed by atoms with Gasteiger partial charge in [-0.3, -0.25) is 9.52 Å². The molecule has 0 saturated carbocycles. The van der Waals surface area contributed by atoms with E-state index in [1.807, 2.05) is 0 Å². The number of carbonyl (C=O) groups excluding carboxylic acids is 1. The molecule has 124 valence electrons. The van der Waals surface area contributed by atoms with E-state index in [9.17, 15) is 13.2 Å². The first kappa shape index (κ1) is 17.6. The first-order chi connectivity index (χ1) is 10.8. The highest BCUT2D eigenvalue weighted by Crippen LogP contribution is 2.29. The molecule has 0 bridgehead atoms. The number of carbonyl (C=O) groups is 1. The minimum Gasteiger partial charge on any atom is -0.369 e. The molecular formula is C13H15ClN4O3S2. The molecule has 0 saturated heterocycles. The molecule has 0 aliphatic heterocycles. The Kier molecular flexibility index (Phi) is 5.23. The van der Waals surface area contributed by atoms with Crippen LogP contribution in [0.15, 0.2) is 23.1 Å². The third-order valence-electron chi connectivity index (χ3n) is 3.22. The molecule has 23 heavy (non-hydrogen) atoms. The van der Waals surface area contributed by atoms with Gasteiger partial charge in [-0.25, -0.2) is 8.42 Å². The van der Waals surface area contributed by atoms with Crippen molar-refractivity contribution < 1.29 is 13.2 Å². The molecule has 1 atom stereocenters. The molecule has 1 heterocycles. The number of primary amides is 1. The molecule has 7 nitrogen and oxygen atoms in total. The maximum atomic E-state index is 12.4. The van der Waals surface area contributed by atoms with Crippen LogP contribution in [-0.2, 0) is 14.8 Å². The number of nitrogens with two attached hydrogens (primary N) is 1. The number of nitrogens with zero attached hydrogens (tertiary/aromatic N) is 2. The molecule has 2 aromatic rings. The molecule has 1 amide bonds. The van der Waals surface area contributed by atoms with Crippen LogP contribution >= 0.6 is 22.9 Å². The summed E-state index contributed by atoms with van der Waals surface area (Å²) in [6, 6.07) is 4.61. The van der Waals surface area contributed by atoms with E-state index in [1.54, 1.807) is 26.0 Å². The van der Waals surface area contributed by atoms with E-state index in [4.69, 9.17) is 17.3 Å². The summed E-state index contributed by atoms with van der Waals surface area (Å²) < 4.78 is 27.2. The van der Waals surface area contributed by atoms with Crippen molar-refractivity contribution in [1.82, 2.24) is 10.2 Å². The molecule has 0 aliphatic carbocycles. The SMILES string of the molecule is CCC(C(N)=O)c1nnc(NS(=O)(=O)c2cccc(Cl)c2C)s1. The lowest BCUT2D eigenvalue weighted by Crippen LogP contribution is -2.20. The van der Waals surface area contributed by atoms with E-state index in [0.717, 1.165) is 11.3 Å². The van der Waals surface area contributed by atoms with Gasteiger partial charge in [0.1, 0.15) is 5.01 Å². The summed E-state index contributed by atoms with van der Waals surface area (Å²) in [5.41, 5.74) is 5.73. The van der Waals surface area contributed by atoms with E-state index in [1.165, 1.54) is 6.07 Å². The molecule has 1 aromatic carbocycles. The molecular weight excluding hydrogens is 360 g/mol. The second-order valence-corrected chi connectivity index (χ2v) is 7.84. The molecule has 1 unspecified atom stereocenters. The van der Waals surface area contributed by atoms with Gasteiger partial charge in [0.2, 0.25) is 11.0 Å². The molecule has 0 radical (unpaired) electrons. The van der Waals surface area contributed by atoms with Crippen LogP contribution in [0.3, 0.4) is 0 Å². The lowest BCUT2D eigenvalue weighted by molar-refractivity contribution is -0.119. The fourth-order valence-corrected chi connectivity index (χ4v) is 4.63. The Morgan fingerprint density at radius 1 is 1.43 bits per heavy atom. The Balaban J connectivity index is 2.30. The Morgan fingerprint density at radius 2 is 2.13 bits per heavy atom. The number of amides is 1. The van der Waals surface area contributed by atoms with E-state index >= 15 is 0 Å². The van der Waals surface area contributed by atoms with Crippen molar-refractivity contribution in [1.29, 1.82) is 0 Å². The Labute approximate surface area is 142 Å². The van der Waals surface area contributed by atoms with Crippen molar-refractivity contribution in [3.8, 4) is 0 Å². The van der Waals surface area contributed by atoms with Gasteiger partial charge >= 0.3 is 0 Å². The highest BCUT2D eigenvalue weighted by Gasteiger charge is 2.24. The van der Waals surface area contributed by atoms with Gasteiger partial charge in [-0.15, -0.1) is 10.2 Å². The smallest absolute Gasteiger partial charge is 0.264 e. The lowest BCUT2D eigenvalue weighted by Gasteiger charge is -2.08. The number of hydrogen-bond donors (Lipinski definition) is 2. The number of anilines is 1. The molecule has 0 fully saturated rings. The Morgan fingerprint density at radius 3 is 2.74 bits per heavy atom. The van der Waals surface area contributed by atoms with Crippen molar-refractivity contribution in [3.63, 3.8) is 0 Å². The fraction of sp³-hybridized carbons (Fsp3) is 0.308. The predicted octanol–water partition coefficient (Wildman–Crippen LogP) is 2.28. The topological polar surface area (TPSA) is 115 Å². The third-order valence-corrected chi connectivity index (χ3v) is 6.19. The zero-order chi connectivity index (χ0) is 17.2. The number of sulfonamides is 1. The summed E-state index contributed by atoms with van der Waals surface area (Å²) in [6.45, 7) is 3.40. The van der Waals surface area contributed by atoms with Crippen LogP contribution in [0.4, 0.5) is 5.13 Å². The zero-order valence-corrected chi connectivity index (χ0v) is 14.8. The first-order valence-electron chi connectivity index (χ1n) is 6.67. The van der Waals surface area contributed by atoms with Gasteiger partial charge in [-0.2, -0.15) is 0 Å². The van der Waals surface area contributed by atoms with Gasteiger partial charge in [-0.05, 0) is 31.0 Å². The Hall–Kier alpha value is -1.71. The highest BCUT2D eigenvalue weighted by molar-refractivity contribution is 7.93. The van der Waals surface area contributed by atoms with Gasteiger partial charge in [0.15, 0.2) is 0 Å². The van der Waals surface area contributed by atoms with Crippen molar-refractivity contribution in [2.75, 3.05) is 4.72 Å². The molecule has 0 spiro atoms. The van der Waals surface area contributed by atoms with Crippen LogP contribution < -0.4 is 10.5 Å². The summed E-state index contributed by atoms with van der Waals surface area (Å²) in [7, 11) is -3.85. The van der Waals surface area contributed by atoms with Crippen LogP contribution in [0, 0.1) is 6.92 Å². The summed E-state index contributed by atoms with van der Waals surface area (Å²) in [5.74, 6) is -1.11. The Bertz CT molecular complexity index is 835. The second-order valence-electron chi connectivity index (χ2n) is 4.78. The quantitative estimate of drug-likeness (QED) is 0.804. The number of aromatic nitrogens is 2. The maximum Gasteiger partial charge on any atom is 0.264 e. The molecule has 3 N–H and O–H groups in total. The summed E-state index contributed by atoms with van der Waals surface area (Å²) >= 11 is 6.93. The summed E-state index contributed by atoms with van der Waals surface area (Å²) in [5, 5.41) is 8.41. The number of rotatable bonds is 6. The first-order valence-corrected chi connectivity index (χ1v) is 9.34. The van der Waals surface area contributed by atoms with E-state index < -0.39 is 21.8 Å². The van der Waals surface area contributed by atoms with Gasteiger partial charge in [-0.1, -0.05) is 35.9 Å². The average Bonchev–Trinajstić information content (AvgIpc) is 2.89. The van der Waals surface area contributed by atoms with Gasteiger partial charge < -0.3 is 5.73 Å². The number of nitrogens with one attached hydrogen (secondary N) is 1. The molecule has 1 aromatic heterocycles. The van der Waals surface area contributed by atoms with E-state index in [-0.39, 0.29) is 10.0 Å². The number of halogens is 1. The van der Waals surface area contributed by atoms with E-state index in [2.05, 4.69) is 14.9 Å². The minimum absolute atomic E-state index is 0.0590.